The van der Waals surface area contributed by atoms with Gasteiger partial charge in [0.25, 0.3) is 0 Å². The molecule has 0 unspecified atom stereocenters. The smallest absolute Gasteiger partial charge is 0.323 e. The number of amides is 2. The molecule has 112 valence electrons. The van der Waals surface area contributed by atoms with Crippen molar-refractivity contribution in [2.24, 2.45) is 0 Å². The number of hydrogen-bond acceptors (Lipinski definition) is 5. The van der Waals surface area contributed by atoms with Crippen LogP contribution in [0.25, 0.3) is 0 Å². The van der Waals surface area contributed by atoms with Crippen molar-refractivity contribution in [3.8, 4) is 5.75 Å². The highest BCUT2D eigenvalue weighted by Crippen LogP contribution is 2.40. The average Bonchev–Trinajstić information content (AvgIpc) is 2.80. The Bertz CT molecular complexity index is 634. The Kier molecular flexibility index (Phi) is 5.92. The molecule has 4 N–H and O–H groups in total. The largest absolute Gasteiger partial charge is 0.504 e. The minimum atomic E-state index is -0.407. The highest BCUT2D eigenvalue weighted by molar-refractivity contribution is 9.10. The summed E-state index contributed by atoms with van der Waals surface area (Å²) in [4.78, 5) is 11.9. The van der Waals surface area contributed by atoms with Crippen LogP contribution < -0.4 is 15.4 Å². The number of rotatable bonds is 5. The van der Waals surface area contributed by atoms with Gasteiger partial charge in [0.15, 0.2) is 5.75 Å². The fourth-order valence-corrected chi connectivity index (χ4v) is 3.47. The van der Waals surface area contributed by atoms with E-state index < -0.39 is 6.03 Å². The third-order valence-electron chi connectivity index (χ3n) is 2.41. The molecule has 2 aromatic rings. The summed E-state index contributed by atoms with van der Waals surface area (Å²) in [6.07, 6.45) is 0. The van der Waals surface area contributed by atoms with Gasteiger partial charge in [0.05, 0.1) is 11.4 Å². The molecule has 1 aromatic heterocycles. The lowest BCUT2D eigenvalue weighted by atomic mass is 10.3. The highest BCUT2D eigenvalue weighted by Gasteiger charge is 2.14. The van der Waals surface area contributed by atoms with Gasteiger partial charge in [-0.1, -0.05) is 19.1 Å². The maximum atomic E-state index is 11.9. The molecule has 5 nitrogen and oxygen atoms in total. The molecule has 0 fully saturated rings. The summed E-state index contributed by atoms with van der Waals surface area (Å²) < 4.78 is 4.56. The van der Waals surface area contributed by atoms with Gasteiger partial charge in [-0.25, -0.2) is 4.79 Å². The fraction of sp³-hybridized carbons (Fsp3) is 0.154. The van der Waals surface area contributed by atoms with Crippen molar-refractivity contribution in [1.82, 2.24) is 4.72 Å². The second-order valence-electron chi connectivity index (χ2n) is 3.94. The first-order valence-electron chi connectivity index (χ1n) is 6.14. The lowest BCUT2D eigenvalue weighted by molar-refractivity contribution is 0.262. The molecule has 0 aliphatic rings. The predicted octanol–water partition coefficient (Wildman–Crippen LogP) is 4.48. The maximum absolute atomic E-state index is 11.9. The van der Waals surface area contributed by atoms with Crippen LogP contribution >= 0.6 is 39.2 Å². The number of urea groups is 1. The second-order valence-corrected chi connectivity index (χ2v) is 6.84. The van der Waals surface area contributed by atoms with Crippen molar-refractivity contribution < 1.29 is 9.90 Å². The summed E-state index contributed by atoms with van der Waals surface area (Å²) in [6.45, 7) is 2.76. The zero-order valence-corrected chi connectivity index (χ0v) is 14.4. The molecule has 0 bridgehead atoms. The predicted molar refractivity (Wildman–Crippen MR) is 92.3 cm³/mol. The number of halogens is 1. The number of thiophene rings is 1. The van der Waals surface area contributed by atoms with Gasteiger partial charge in [-0.05, 0) is 40.0 Å². The van der Waals surface area contributed by atoms with Gasteiger partial charge in [0.1, 0.15) is 4.21 Å². The van der Waals surface area contributed by atoms with Crippen LogP contribution in [0.15, 0.2) is 38.3 Å². The molecule has 21 heavy (non-hydrogen) atoms. The molecule has 1 heterocycles. The molecule has 0 saturated carbocycles. The number of carbonyl (C=O) groups excluding carboxylic acids is 1. The van der Waals surface area contributed by atoms with Crippen LogP contribution in [0.4, 0.5) is 16.2 Å². The Hall–Kier alpha value is -1.22. The summed E-state index contributed by atoms with van der Waals surface area (Å²) >= 11 is 6.06. The quantitative estimate of drug-likeness (QED) is 0.570. The van der Waals surface area contributed by atoms with Crippen molar-refractivity contribution >= 4 is 56.6 Å². The van der Waals surface area contributed by atoms with Crippen molar-refractivity contribution in [1.29, 1.82) is 0 Å². The first-order chi connectivity index (χ1) is 10.1. The van der Waals surface area contributed by atoms with Gasteiger partial charge in [-0.15, -0.1) is 11.3 Å². The molecule has 0 radical (unpaired) electrons. The van der Waals surface area contributed by atoms with Gasteiger partial charge >= 0.3 is 6.03 Å². The Morgan fingerprint density at radius 2 is 2.05 bits per heavy atom. The monoisotopic (exact) mass is 387 g/mol. The molecular weight excluding hydrogens is 374 g/mol. The van der Waals surface area contributed by atoms with E-state index in [9.17, 15) is 9.90 Å². The average molecular weight is 388 g/mol. The lowest BCUT2D eigenvalue weighted by Crippen LogP contribution is -2.19. The zero-order chi connectivity index (χ0) is 15.2. The molecule has 2 amide bonds. The Morgan fingerprint density at radius 1 is 1.33 bits per heavy atom. The van der Waals surface area contributed by atoms with Crippen LogP contribution in [0.2, 0.25) is 0 Å². The third-order valence-corrected chi connectivity index (χ3v) is 5.21. The van der Waals surface area contributed by atoms with Crippen LogP contribution in [0, 0.1) is 0 Å². The van der Waals surface area contributed by atoms with Crippen molar-refractivity contribution in [3.05, 3.63) is 34.1 Å². The van der Waals surface area contributed by atoms with E-state index in [2.05, 4.69) is 31.3 Å². The van der Waals surface area contributed by atoms with Crippen LogP contribution in [0.1, 0.15) is 6.92 Å². The van der Waals surface area contributed by atoms with E-state index in [1.807, 2.05) is 25.1 Å². The standard InChI is InChI=1S/C13H14BrN3O2S2/c1-2-15-21-12-11(18)10(7-20-12)17-13(19)16-9-6-4-3-5-8(9)14/h3-7,15,18H,2H2,1H3,(H2,16,17,19). The third kappa shape index (κ3) is 4.37. The molecule has 2 rings (SSSR count). The minimum absolute atomic E-state index is 0.0771. The van der Waals surface area contributed by atoms with E-state index in [-0.39, 0.29) is 5.75 Å². The van der Waals surface area contributed by atoms with Crippen molar-refractivity contribution in [3.63, 3.8) is 0 Å². The maximum Gasteiger partial charge on any atom is 0.323 e. The van der Waals surface area contributed by atoms with E-state index in [1.165, 1.54) is 23.3 Å². The second kappa shape index (κ2) is 7.69. The molecular formula is C13H14BrN3O2S2. The number of hydrogen-bond donors (Lipinski definition) is 4. The molecule has 8 heteroatoms. The van der Waals surface area contributed by atoms with Gasteiger partial charge in [-0.3, -0.25) is 4.72 Å². The molecule has 0 atom stereocenters. The van der Waals surface area contributed by atoms with Crippen LogP contribution in [-0.4, -0.2) is 17.7 Å². The SMILES string of the molecule is CCNSc1scc(NC(=O)Nc2ccccc2Br)c1O. The normalized spacial score (nSPS) is 10.4. The van der Waals surface area contributed by atoms with Gasteiger partial charge in [0.2, 0.25) is 0 Å². The van der Waals surface area contributed by atoms with E-state index in [0.29, 0.717) is 15.6 Å². The Labute approximate surface area is 139 Å². The van der Waals surface area contributed by atoms with E-state index in [0.717, 1.165) is 11.0 Å². The summed E-state index contributed by atoms with van der Waals surface area (Å²) in [6, 6.07) is 6.90. The highest BCUT2D eigenvalue weighted by atomic mass is 79.9. The van der Waals surface area contributed by atoms with E-state index in [4.69, 9.17) is 0 Å². The Balaban J connectivity index is 2.00. The number of benzene rings is 1. The lowest BCUT2D eigenvalue weighted by Gasteiger charge is -2.08. The summed E-state index contributed by atoms with van der Waals surface area (Å²) in [5, 5.41) is 17.1. The number of carbonyl (C=O) groups is 1. The summed E-state index contributed by atoms with van der Waals surface area (Å²) in [7, 11) is 0. The van der Waals surface area contributed by atoms with Gasteiger partial charge < -0.3 is 15.7 Å². The first kappa shape index (κ1) is 16.2. The van der Waals surface area contributed by atoms with Gasteiger partial charge in [0, 0.05) is 16.4 Å². The summed E-state index contributed by atoms with van der Waals surface area (Å²) in [5.41, 5.74) is 1.05. The fourth-order valence-electron chi connectivity index (χ4n) is 1.47. The molecule has 0 spiro atoms. The van der Waals surface area contributed by atoms with Crippen molar-refractivity contribution in [2.75, 3.05) is 17.2 Å². The molecule has 0 saturated heterocycles. The minimum Gasteiger partial charge on any atom is -0.504 e. The van der Waals surface area contributed by atoms with E-state index in [1.54, 1.807) is 11.4 Å². The number of anilines is 2. The molecule has 1 aromatic carbocycles. The molecule has 0 aliphatic heterocycles. The van der Waals surface area contributed by atoms with E-state index >= 15 is 0 Å². The molecule has 0 aliphatic carbocycles. The van der Waals surface area contributed by atoms with Crippen LogP contribution in [0.5, 0.6) is 5.75 Å². The van der Waals surface area contributed by atoms with Crippen molar-refractivity contribution in [2.45, 2.75) is 11.1 Å². The first-order valence-corrected chi connectivity index (χ1v) is 8.63. The Morgan fingerprint density at radius 3 is 2.76 bits per heavy atom. The van der Waals surface area contributed by atoms with Crippen LogP contribution in [-0.2, 0) is 0 Å². The van der Waals surface area contributed by atoms with Gasteiger partial charge in [-0.2, -0.15) is 0 Å². The van der Waals surface area contributed by atoms with Crippen LogP contribution in [0.3, 0.4) is 0 Å². The number of nitrogens with one attached hydrogen (secondary N) is 3. The number of para-hydroxylation sites is 1. The summed E-state index contributed by atoms with van der Waals surface area (Å²) in [5.74, 6) is 0.0771. The number of aromatic hydroxyl groups is 1. The zero-order valence-electron chi connectivity index (χ0n) is 11.1. The topological polar surface area (TPSA) is 73.4 Å².